The first-order valence-corrected chi connectivity index (χ1v) is 17.6. The monoisotopic (exact) mass is 633 g/mol. The predicted octanol–water partition coefficient (Wildman–Crippen LogP) is 13.9. The summed E-state index contributed by atoms with van der Waals surface area (Å²) in [5.41, 5.74) is 5.99. The maximum absolute atomic E-state index is 2.40. The maximum Gasteiger partial charge on any atom is 0.0468 e. The summed E-state index contributed by atoms with van der Waals surface area (Å²) in [4.78, 5) is 2.40. The van der Waals surface area contributed by atoms with Gasteiger partial charge in [0.05, 0.1) is 0 Å². The lowest BCUT2D eigenvalue weighted by Gasteiger charge is -2.25. The van der Waals surface area contributed by atoms with Crippen LogP contribution in [0, 0.1) is 0 Å². The van der Waals surface area contributed by atoms with Gasteiger partial charge in [0.1, 0.15) is 0 Å². The van der Waals surface area contributed by atoms with E-state index in [0.717, 1.165) is 17.1 Å². The average molecular weight is 634 g/mol. The predicted molar refractivity (Wildman–Crippen MR) is 207 cm³/mol. The molecule has 47 heavy (non-hydrogen) atoms. The standard InChI is InChI=1S/C44H27NS2/c1-2-10-31(11-3-1)45(32-20-23-41-38(26-32)37-13-6-7-15-40(37)46-41)33-21-24-42-39(27-33)44-36(14-8-16-43(44)47-42)30-19-22-35-29(25-30)18-17-28-9-4-5-12-34(28)35/h1-27H. The first-order valence-electron chi connectivity index (χ1n) is 15.9. The molecule has 220 valence electrons. The Morgan fingerprint density at radius 2 is 0.979 bits per heavy atom. The fourth-order valence-corrected chi connectivity index (χ4v) is 9.45. The Balaban J connectivity index is 1.17. The minimum Gasteiger partial charge on any atom is -0.310 e. The molecule has 0 atom stereocenters. The van der Waals surface area contributed by atoms with E-state index < -0.39 is 0 Å². The van der Waals surface area contributed by atoms with Crippen molar-refractivity contribution in [3.63, 3.8) is 0 Å². The molecule has 2 aromatic heterocycles. The highest BCUT2D eigenvalue weighted by Crippen LogP contribution is 2.45. The summed E-state index contributed by atoms with van der Waals surface area (Å²) >= 11 is 3.74. The summed E-state index contributed by atoms with van der Waals surface area (Å²) in [7, 11) is 0. The molecule has 10 aromatic rings. The minimum absolute atomic E-state index is 1.15. The number of nitrogens with zero attached hydrogens (tertiary/aromatic N) is 1. The number of hydrogen-bond donors (Lipinski definition) is 0. The zero-order valence-corrected chi connectivity index (χ0v) is 27.0. The van der Waals surface area contributed by atoms with Crippen molar-refractivity contribution >= 4 is 102 Å². The number of hydrogen-bond acceptors (Lipinski definition) is 3. The minimum atomic E-state index is 1.15. The number of thiophene rings is 2. The Kier molecular flexibility index (Phi) is 5.98. The van der Waals surface area contributed by atoms with E-state index in [-0.39, 0.29) is 0 Å². The van der Waals surface area contributed by atoms with Crippen molar-refractivity contribution in [2.45, 2.75) is 0 Å². The Bertz CT molecular complexity index is 2810. The van der Waals surface area contributed by atoms with Crippen LogP contribution in [0.15, 0.2) is 164 Å². The van der Waals surface area contributed by atoms with Gasteiger partial charge in [0.25, 0.3) is 0 Å². The Morgan fingerprint density at radius 1 is 0.340 bits per heavy atom. The van der Waals surface area contributed by atoms with Crippen LogP contribution < -0.4 is 4.90 Å². The average Bonchev–Trinajstić information content (AvgIpc) is 3.70. The molecule has 3 heteroatoms. The van der Waals surface area contributed by atoms with Gasteiger partial charge in [0.15, 0.2) is 0 Å². The largest absolute Gasteiger partial charge is 0.310 e. The fourth-order valence-electron chi connectivity index (χ4n) is 7.25. The summed E-state index contributed by atoms with van der Waals surface area (Å²) in [6, 6.07) is 60.2. The van der Waals surface area contributed by atoms with Gasteiger partial charge < -0.3 is 4.90 Å². The van der Waals surface area contributed by atoms with E-state index in [1.165, 1.54) is 73.0 Å². The van der Waals surface area contributed by atoms with Gasteiger partial charge in [-0.1, -0.05) is 97.1 Å². The Labute approximate surface area is 280 Å². The summed E-state index contributed by atoms with van der Waals surface area (Å²) in [6.45, 7) is 0. The lowest BCUT2D eigenvalue weighted by Crippen LogP contribution is -2.09. The fraction of sp³-hybridized carbons (Fsp3) is 0. The molecule has 0 spiro atoms. The van der Waals surface area contributed by atoms with Gasteiger partial charge in [0, 0.05) is 57.4 Å². The van der Waals surface area contributed by atoms with E-state index in [0.29, 0.717) is 0 Å². The number of para-hydroxylation sites is 1. The molecule has 0 aliphatic carbocycles. The topological polar surface area (TPSA) is 3.24 Å². The molecule has 0 N–H and O–H groups in total. The van der Waals surface area contributed by atoms with Gasteiger partial charge in [-0.15, -0.1) is 22.7 Å². The molecule has 0 radical (unpaired) electrons. The second-order valence-electron chi connectivity index (χ2n) is 12.1. The van der Waals surface area contributed by atoms with E-state index in [4.69, 9.17) is 0 Å². The summed E-state index contributed by atoms with van der Waals surface area (Å²) in [5.74, 6) is 0. The van der Waals surface area contributed by atoms with E-state index in [2.05, 4.69) is 169 Å². The molecule has 0 saturated heterocycles. The number of benzene rings is 8. The van der Waals surface area contributed by atoms with Crippen LogP contribution in [-0.2, 0) is 0 Å². The molecular formula is C44H27NS2. The van der Waals surface area contributed by atoms with Gasteiger partial charge >= 0.3 is 0 Å². The van der Waals surface area contributed by atoms with Gasteiger partial charge in [0.2, 0.25) is 0 Å². The smallest absolute Gasteiger partial charge is 0.0468 e. The number of fused-ring (bicyclic) bond motifs is 9. The third-order valence-corrected chi connectivity index (χ3v) is 11.7. The third-order valence-electron chi connectivity index (χ3n) is 9.43. The highest BCUT2D eigenvalue weighted by atomic mass is 32.1. The van der Waals surface area contributed by atoms with Crippen molar-refractivity contribution < 1.29 is 0 Å². The first-order chi connectivity index (χ1) is 23.3. The Hall–Kier alpha value is -5.48. The molecule has 0 aliphatic rings. The van der Waals surface area contributed by atoms with Crippen molar-refractivity contribution in [1.82, 2.24) is 0 Å². The molecule has 0 bridgehead atoms. The molecule has 10 rings (SSSR count). The van der Waals surface area contributed by atoms with Crippen molar-refractivity contribution in [2.75, 3.05) is 4.90 Å². The molecular weight excluding hydrogens is 607 g/mol. The number of anilines is 3. The van der Waals surface area contributed by atoms with Crippen LogP contribution in [0.2, 0.25) is 0 Å². The molecule has 8 aromatic carbocycles. The van der Waals surface area contributed by atoms with E-state index in [1.807, 2.05) is 22.7 Å². The van der Waals surface area contributed by atoms with Crippen LogP contribution in [0.4, 0.5) is 17.1 Å². The van der Waals surface area contributed by atoms with Crippen LogP contribution in [0.25, 0.3) is 73.0 Å². The SMILES string of the molecule is c1ccc(N(c2ccc3sc4ccccc4c3c2)c2ccc3sc4cccc(-c5ccc6c(ccc7ccccc76)c5)c4c3c2)cc1. The van der Waals surface area contributed by atoms with E-state index in [1.54, 1.807) is 0 Å². The van der Waals surface area contributed by atoms with Gasteiger partial charge in [-0.25, -0.2) is 0 Å². The highest BCUT2D eigenvalue weighted by Gasteiger charge is 2.18. The van der Waals surface area contributed by atoms with Crippen LogP contribution in [0.3, 0.4) is 0 Å². The lowest BCUT2D eigenvalue weighted by molar-refractivity contribution is 1.30. The highest BCUT2D eigenvalue weighted by molar-refractivity contribution is 7.26. The van der Waals surface area contributed by atoms with Crippen molar-refractivity contribution in [1.29, 1.82) is 0 Å². The molecule has 2 heterocycles. The zero-order chi connectivity index (χ0) is 30.9. The number of rotatable bonds is 4. The first kappa shape index (κ1) is 26.7. The molecule has 0 aliphatic heterocycles. The quantitative estimate of drug-likeness (QED) is 0.174. The van der Waals surface area contributed by atoms with Crippen LogP contribution in [0.5, 0.6) is 0 Å². The van der Waals surface area contributed by atoms with Crippen LogP contribution in [-0.4, -0.2) is 0 Å². The second-order valence-corrected chi connectivity index (χ2v) is 14.3. The zero-order valence-electron chi connectivity index (χ0n) is 25.4. The molecule has 0 unspecified atom stereocenters. The van der Waals surface area contributed by atoms with Crippen molar-refractivity contribution in [3.8, 4) is 11.1 Å². The molecule has 1 nitrogen and oxygen atoms in total. The van der Waals surface area contributed by atoms with Gasteiger partial charge in [-0.05, 0) is 99.4 Å². The molecule has 0 fully saturated rings. The summed E-state index contributed by atoms with van der Waals surface area (Å²) in [6.07, 6.45) is 0. The van der Waals surface area contributed by atoms with E-state index >= 15 is 0 Å². The maximum atomic E-state index is 2.40. The van der Waals surface area contributed by atoms with Gasteiger partial charge in [-0.2, -0.15) is 0 Å². The van der Waals surface area contributed by atoms with Crippen molar-refractivity contribution in [2.24, 2.45) is 0 Å². The molecule has 0 amide bonds. The summed E-state index contributed by atoms with van der Waals surface area (Å²) in [5, 5.41) is 10.4. The van der Waals surface area contributed by atoms with E-state index in [9.17, 15) is 0 Å². The normalized spacial score (nSPS) is 11.8. The Morgan fingerprint density at radius 3 is 1.85 bits per heavy atom. The van der Waals surface area contributed by atoms with Crippen LogP contribution >= 0.6 is 22.7 Å². The third kappa shape index (κ3) is 4.28. The summed E-state index contributed by atoms with van der Waals surface area (Å²) < 4.78 is 5.25. The van der Waals surface area contributed by atoms with Crippen LogP contribution in [0.1, 0.15) is 0 Å². The molecule has 0 saturated carbocycles. The second kappa shape index (κ2) is 10.5. The van der Waals surface area contributed by atoms with Crippen molar-refractivity contribution in [3.05, 3.63) is 164 Å². The lowest BCUT2D eigenvalue weighted by atomic mass is 9.95. The van der Waals surface area contributed by atoms with Gasteiger partial charge in [-0.3, -0.25) is 0 Å².